The fourth-order valence-corrected chi connectivity index (χ4v) is 3.47. The van der Waals surface area contributed by atoms with E-state index in [2.05, 4.69) is 30.3 Å². The van der Waals surface area contributed by atoms with Crippen molar-refractivity contribution >= 4 is 28.2 Å². The molecule has 0 unspecified atom stereocenters. The highest BCUT2D eigenvalue weighted by Crippen LogP contribution is 2.25. The van der Waals surface area contributed by atoms with Crippen LogP contribution in [0.1, 0.15) is 10.7 Å². The van der Waals surface area contributed by atoms with Gasteiger partial charge in [-0.15, -0.1) is 11.3 Å². The second-order valence-electron chi connectivity index (χ2n) is 5.57. The molecule has 0 atom stereocenters. The maximum atomic E-state index is 4.52. The first-order valence-electron chi connectivity index (χ1n) is 7.58. The van der Waals surface area contributed by atoms with E-state index in [0.29, 0.717) is 6.54 Å². The Morgan fingerprint density at radius 2 is 2.00 bits per heavy atom. The van der Waals surface area contributed by atoms with Crippen molar-refractivity contribution < 1.29 is 0 Å². The molecule has 4 aromatic rings. The van der Waals surface area contributed by atoms with Gasteiger partial charge in [0, 0.05) is 18.1 Å². The predicted octanol–water partition coefficient (Wildman–Crippen LogP) is 3.22. The molecule has 0 amide bonds. The highest BCUT2D eigenvalue weighted by molar-refractivity contribution is 7.09. The minimum atomic E-state index is 0.709. The Morgan fingerprint density at radius 1 is 1.17 bits per heavy atom. The maximum Gasteiger partial charge on any atom is 0.168 e. The van der Waals surface area contributed by atoms with Crippen LogP contribution in [0.4, 0.5) is 5.82 Å². The van der Waals surface area contributed by atoms with Gasteiger partial charge < -0.3 is 4.90 Å². The quantitative estimate of drug-likeness (QED) is 0.573. The molecule has 3 aromatic heterocycles. The van der Waals surface area contributed by atoms with Crippen LogP contribution in [-0.4, -0.2) is 31.8 Å². The second-order valence-corrected chi connectivity index (χ2v) is 6.51. The van der Waals surface area contributed by atoms with Gasteiger partial charge in [-0.2, -0.15) is 5.10 Å². The number of aromatic nitrogens is 5. The summed E-state index contributed by atoms with van der Waals surface area (Å²) in [6.45, 7) is 2.72. The van der Waals surface area contributed by atoms with Gasteiger partial charge in [0.15, 0.2) is 5.65 Å². The van der Waals surface area contributed by atoms with Gasteiger partial charge in [-0.1, -0.05) is 18.2 Å². The van der Waals surface area contributed by atoms with E-state index in [9.17, 15) is 0 Å². The number of hydrogen-bond donors (Lipinski definition) is 0. The fourth-order valence-electron chi connectivity index (χ4n) is 2.65. The third-order valence-corrected chi connectivity index (χ3v) is 4.70. The summed E-state index contributed by atoms with van der Waals surface area (Å²) >= 11 is 1.66. The lowest BCUT2D eigenvalue weighted by atomic mass is 10.3. The summed E-state index contributed by atoms with van der Waals surface area (Å²) in [6.07, 6.45) is 3.41. The first-order valence-corrected chi connectivity index (χ1v) is 8.46. The van der Waals surface area contributed by atoms with Gasteiger partial charge >= 0.3 is 0 Å². The summed E-state index contributed by atoms with van der Waals surface area (Å²) in [5.41, 5.74) is 2.83. The summed E-state index contributed by atoms with van der Waals surface area (Å²) in [6, 6.07) is 9.98. The van der Waals surface area contributed by atoms with Crippen LogP contribution < -0.4 is 4.90 Å². The van der Waals surface area contributed by atoms with Crippen LogP contribution in [0.3, 0.4) is 0 Å². The minimum absolute atomic E-state index is 0.709. The Morgan fingerprint density at radius 3 is 2.75 bits per heavy atom. The Hall–Kier alpha value is -2.80. The molecular weight excluding hydrogens is 320 g/mol. The van der Waals surface area contributed by atoms with Crippen LogP contribution in [0.2, 0.25) is 0 Å². The number of aryl methyl sites for hydroxylation is 1. The number of anilines is 1. The molecule has 3 heterocycles. The van der Waals surface area contributed by atoms with Crippen molar-refractivity contribution in [3.8, 4) is 5.69 Å². The molecule has 0 bridgehead atoms. The van der Waals surface area contributed by atoms with Gasteiger partial charge in [-0.3, -0.25) is 0 Å². The van der Waals surface area contributed by atoms with Crippen molar-refractivity contribution in [3.05, 3.63) is 58.9 Å². The molecule has 0 saturated heterocycles. The van der Waals surface area contributed by atoms with E-state index < -0.39 is 0 Å². The van der Waals surface area contributed by atoms with E-state index in [0.717, 1.165) is 33.2 Å². The Balaban J connectivity index is 1.73. The number of rotatable bonds is 4. The lowest BCUT2D eigenvalue weighted by molar-refractivity contribution is 0.879. The molecule has 0 saturated carbocycles. The average Bonchev–Trinajstić information content (AvgIpc) is 3.21. The predicted molar refractivity (Wildman–Crippen MR) is 95.6 cm³/mol. The molecule has 0 N–H and O–H groups in total. The number of para-hydroxylation sites is 1. The van der Waals surface area contributed by atoms with Crippen LogP contribution in [0.15, 0.2) is 48.2 Å². The highest BCUT2D eigenvalue weighted by atomic mass is 32.1. The third-order valence-electron chi connectivity index (χ3n) is 3.75. The summed E-state index contributed by atoms with van der Waals surface area (Å²) in [5.74, 6) is 0.857. The van der Waals surface area contributed by atoms with Crippen LogP contribution >= 0.6 is 11.3 Å². The van der Waals surface area contributed by atoms with Crippen molar-refractivity contribution in [1.29, 1.82) is 0 Å². The van der Waals surface area contributed by atoms with E-state index in [-0.39, 0.29) is 0 Å². The van der Waals surface area contributed by atoms with Crippen molar-refractivity contribution in [1.82, 2.24) is 24.7 Å². The zero-order chi connectivity index (χ0) is 16.5. The number of benzene rings is 1. The highest BCUT2D eigenvalue weighted by Gasteiger charge is 2.15. The first-order chi connectivity index (χ1) is 11.7. The second kappa shape index (κ2) is 6.01. The van der Waals surface area contributed by atoms with Gasteiger partial charge in [-0.05, 0) is 19.1 Å². The van der Waals surface area contributed by atoms with E-state index in [1.165, 1.54) is 0 Å². The van der Waals surface area contributed by atoms with Gasteiger partial charge in [0.1, 0.15) is 17.2 Å². The van der Waals surface area contributed by atoms with Crippen LogP contribution in [0.25, 0.3) is 16.7 Å². The minimum Gasteiger partial charge on any atom is -0.352 e. The van der Waals surface area contributed by atoms with E-state index >= 15 is 0 Å². The average molecular weight is 336 g/mol. The molecule has 0 aliphatic heterocycles. The smallest absolute Gasteiger partial charge is 0.168 e. The zero-order valence-corrected chi connectivity index (χ0v) is 14.2. The fraction of sp³-hybridized carbons (Fsp3) is 0.176. The standard InChI is InChI=1S/C17H16N6S/c1-12-10-24-15(21-12)9-22(2)16-14-8-20-23(17(14)19-11-18-16)13-6-4-3-5-7-13/h3-8,10-11H,9H2,1-2H3. The monoisotopic (exact) mass is 336 g/mol. The van der Waals surface area contributed by atoms with Crippen LogP contribution in [-0.2, 0) is 6.54 Å². The lowest BCUT2D eigenvalue weighted by Crippen LogP contribution is -2.18. The Kier molecular flexibility index (Phi) is 3.70. The summed E-state index contributed by atoms with van der Waals surface area (Å²) in [4.78, 5) is 15.5. The maximum absolute atomic E-state index is 4.52. The molecule has 0 aliphatic carbocycles. The van der Waals surface area contributed by atoms with E-state index in [1.54, 1.807) is 17.7 Å². The number of thiazole rings is 1. The van der Waals surface area contributed by atoms with Crippen LogP contribution in [0, 0.1) is 6.92 Å². The number of fused-ring (bicyclic) bond motifs is 1. The molecule has 7 heteroatoms. The molecule has 24 heavy (non-hydrogen) atoms. The number of hydrogen-bond acceptors (Lipinski definition) is 6. The molecule has 0 spiro atoms. The molecule has 6 nitrogen and oxygen atoms in total. The van der Waals surface area contributed by atoms with Gasteiger partial charge in [0.2, 0.25) is 0 Å². The largest absolute Gasteiger partial charge is 0.352 e. The number of nitrogens with zero attached hydrogens (tertiary/aromatic N) is 6. The first kappa shape index (κ1) is 14.8. The summed E-state index contributed by atoms with van der Waals surface area (Å²) in [7, 11) is 2.01. The van der Waals surface area contributed by atoms with Crippen molar-refractivity contribution in [2.24, 2.45) is 0 Å². The SMILES string of the molecule is Cc1csc(CN(C)c2ncnc3c2cnn3-c2ccccc2)n1. The van der Waals surface area contributed by atoms with Gasteiger partial charge in [-0.25, -0.2) is 19.6 Å². The van der Waals surface area contributed by atoms with Crippen molar-refractivity contribution in [2.45, 2.75) is 13.5 Å². The molecule has 0 fully saturated rings. The summed E-state index contributed by atoms with van der Waals surface area (Å²) in [5, 5.41) is 8.55. The van der Waals surface area contributed by atoms with Gasteiger partial charge in [0.05, 0.1) is 23.8 Å². The lowest BCUT2D eigenvalue weighted by Gasteiger charge is -2.17. The van der Waals surface area contributed by atoms with E-state index in [4.69, 9.17) is 0 Å². The molecule has 0 aliphatic rings. The van der Waals surface area contributed by atoms with Crippen molar-refractivity contribution in [3.63, 3.8) is 0 Å². The molecular formula is C17H16N6S. The normalized spacial score (nSPS) is 11.1. The Bertz CT molecular complexity index is 975. The van der Waals surface area contributed by atoms with Gasteiger partial charge in [0.25, 0.3) is 0 Å². The molecule has 4 rings (SSSR count). The molecule has 120 valence electrons. The zero-order valence-electron chi connectivity index (χ0n) is 13.4. The van der Waals surface area contributed by atoms with Crippen LogP contribution in [0.5, 0.6) is 0 Å². The van der Waals surface area contributed by atoms with Crippen molar-refractivity contribution in [2.75, 3.05) is 11.9 Å². The molecule has 0 radical (unpaired) electrons. The van der Waals surface area contributed by atoms with E-state index in [1.807, 2.05) is 55.2 Å². The summed E-state index contributed by atoms with van der Waals surface area (Å²) < 4.78 is 1.84. The third kappa shape index (κ3) is 2.63. The topological polar surface area (TPSA) is 59.7 Å². The molecule has 1 aromatic carbocycles. The Labute approximate surface area is 143 Å².